The van der Waals surface area contributed by atoms with E-state index in [4.69, 9.17) is 0 Å². The van der Waals surface area contributed by atoms with Crippen molar-refractivity contribution in [1.82, 2.24) is 5.32 Å². The zero-order valence-corrected chi connectivity index (χ0v) is 16.0. The molecule has 3 rings (SSSR count). The van der Waals surface area contributed by atoms with Crippen LogP contribution in [0, 0.1) is 17.7 Å². The summed E-state index contributed by atoms with van der Waals surface area (Å²) in [5, 5.41) is 10.5. The topological polar surface area (TPSA) is 80.1 Å². The largest absolute Gasteiger partial charge is 0.466 e. The lowest BCUT2D eigenvalue weighted by Crippen LogP contribution is -2.19. The lowest BCUT2D eigenvalue weighted by atomic mass is 10.1. The first kappa shape index (κ1) is 20.0. The van der Waals surface area contributed by atoms with Crippen molar-refractivity contribution in [1.29, 1.82) is 0 Å². The van der Waals surface area contributed by atoms with Crippen LogP contribution in [0.1, 0.15) is 16.7 Å². The predicted octanol–water partition coefficient (Wildman–Crippen LogP) is 2.84. The minimum atomic E-state index is -0.639. The number of methoxy groups -OCH3 is 1. The first-order chi connectivity index (χ1) is 14.0. The average molecular weight is 407 g/mol. The van der Waals surface area contributed by atoms with E-state index >= 15 is 0 Å². The Labute approximate surface area is 170 Å². The van der Waals surface area contributed by atoms with Crippen LogP contribution in [0.5, 0.6) is 0 Å². The molecular formula is C21H14FN3O3S. The Kier molecular flexibility index (Phi) is 6.55. The van der Waals surface area contributed by atoms with Crippen LogP contribution in [0.2, 0.25) is 0 Å². The summed E-state index contributed by atoms with van der Waals surface area (Å²) in [4.78, 5) is 23.2. The van der Waals surface area contributed by atoms with Gasteiger partial charge in [-0.25, -0.2) is 9.18 Å². The van der Waals surface area contributed by atoms with E-state index in [9.17, 15) is 14.0 Å². The van der Waals surface area contributed by atoms with Gasteiger partial charge >= 0.3 is 5.97 Å². The average Bonchev–Trinajstić information content (AvgIpc) is 3.07. The number of halogens is 1. The van der Waals surface area contributed by atoms with Crippen molar-refractivity contribution in [3.63, 3.8) is 0 Å². The number of hydrogen-bond donors (Lipinski definition) is 1. The number of nitrogens with one attached hydrogen (secondary N) is 1. The predicted molar refractivity (Wildman–Crippen MR) is 110 cm³/mol. The van der Waals surface area contributed by atoms with Crippen LogP contribution >= 0.6 is 11.8 Å². The van der Waals surface area contributed by atoms with Crippen LogP contribution in [-0.2, 0) is 14.3 Å². The molecule has 0 radical (unpaired) electrons. The first-order valence-corrected chi connectivity index (χ1v) is 9.13. The van der Waals surface area contributed by atoms with Crippen LogP contribution in [0.3, 0.4) is 0 Å². The van der Waals surface area contributed by atoms with E-state index in [1.807, 2.05) is 30.3 Å². The van der Waals surface area contributed by atoms with E-state index in [1.54, 1.807) is 0 Å². The molecule has 1 aliphatic heterocycles. The molecule has 29 heavy (non-hydrogen) atoms. The van der Waals surface area contributed by atoms with E-state index in [-0.39, 0.29) is 10.1 Å². The van der Waals surface area contributed by atoms with Gasteiger partial charge in [0.25, 0.3) is 5.91 Å². The maximum Gasteiger partial charge on any atom is 0.331 e. The van der Waals surface area contributed by atoms with Gasteiger partial charge in [0.1, 0.15) is 5.82 Å². The van der Waals surface area contributed by atoms with Gasteiger partial charge in [0.2, 0.25) is 0 Å². The zero-order valence-electron chi connectivity index (χ0n) is 15.2. The Morgan fingerprint density at radius 1 is 1.21 bits per heavy atom. The highest BCUT2D eigenvalue weighted by atomic mass is 32.2. The molecule has 0 aromatic heterocycles. The Morgan fingerprint density at radius 2 is 2.00 bits per heavy atom. The quantitative estimate of drug-likeness (QED) is 0.279. The normalized spacial score (nSPS) is 16.0. The second-order valence-electron chi connectivity index (χ2n) is 5.59. The van der Waals surface area contributed by atoms with Crippen LogP contribution in [0.15, 0.2) is 69.7 Å². The highest BCUT2D eigenvalue weighted by Crippen LogP contribution is 2.23. The summed E-state index contributed by atoms with van der Waals surface area (Å²) in [5.74, 6) is 4.37. The van der Waals surface area contributed by atoms with Crippen LogP contribution in [0.25, 0.3) is 0 Å². The van der Waals surface area contributed by atoms with Gasteiger partial charge in [-0.2, -0.15) is 5.10 Å². The smallest absolute Gasteiger partial charge is 0.331 e. The number of hydrogen-bond acceptors (Lipinski definition) is 6. The van der Waals surface area contributed by atoms with Gasteiger partial charge in [-0.15, -0.1) is 5.10 Å². The minimum absolute atomic E-state index is 0.155. The molecule has 6 nitrogen and oxygen atoms in total. The molecule has 2 aromatic carbocycles. The summed E-state index contributed by atoms with van der Waals surface area (Å²) in [6, 6.07) is 13.5. The third-order valence-electron chi connectivity index (χ3n) is 3.58. The molecule has 0 aliphatic carbocycles. The number of carbonyl (C=O) groups is 2. The van der Waals surface area contributed by atoms with Gasteiger partial charge in [0.05, 0.1) is 18.2 Å². The summed E-state index contributed by atoms with van der Waals surface area (Å²) in [6.45, 7) is 0. The van der Waals surface area contributed by atoms with Gasteiger partial charge in [-0.1, -0.05) is 30.0 Å². The summed E-state index contributed by atoms with van der Waals surface area (Å²) in [5.41, 5.74) is 1.82. The maximum absolute atomic E-state index is 13.6. The van der Waals surface area contributed by atoms with Crippen molar-refractivity contribution in [2.75, 3.05) is 7.11 Å². The van der Waals surface area contributed by atoms with Crippen LogP contribution in [0.4, 0.5) is 4.39 Å². The number of nitrogens with zero attached hydrogens (tertiary/aromatic N) is 2. The molecule has 1 N–H and O–H groups in total. The number of benzene rings is 2. The molecular weight excluding hydrogens is 393 g/mol. The monoisotopic (exact) mass is 407 g/mol. The molecule has 144 valence electrons. The van der Waals surface area contributed by atoms with Gasteiger partial charge in [-0.3, -0.25) is 10.1 Å². The summed E-state index contributed by atoms with van der Waals surface area (Å²) < 4.78 is 18.1. The number of carbonyl (C=O) groups excluding carboxylic acids is 2. The van der Waals surface area contributed by atoms with E-state index in [0.29, 0.717) is 11.1 Å². The summed E-state index contributed by atoms with van der Waals surface area (Å²) in [7, 11) is 1.22. The second kappa shape index (κ2) is 9.48. The SMILES string of the molecule is COC(=O)/C=C1/S/C(=N\N=Cc2ccc(F)cc2C#Cc2ccccc2)NC1=O. The van der Waals surface area contributed by atoms with Crippen molar-refractivity contribution in [3.05, 3.63) is 82.0 Å². The fraction of sp³-hybridized carbons (Fsp3) is 0.0476. The molecule has 0 bridgehead atoms. The zero-order chi connectivity index (χ0) is 20.6. The first-order valence-electron chi connectivity index (χ1n) is 8.31. The number of rotatable bonds is 3. The minimum Gasteiger partial charge on any atom is -0.466 e. The van der Waals surface area contributed by atoms with E-state index in [0.717, 1.165) is 23.4 Å². The Hall–Kier alpha value is -3.70. The molecule has 0 unspecified atom stereocenters. The number of ether oxygens (including phenoxy) is 1. The van der Waals surface area contributed by atoms with Crippen molar-refractivity contribution in [3.8, 4) is 11.8 Å². The molecule has 0 atom stereocenters. The number of amidine groups is 1. The van der Waals surface area contributed by atoms with Gasteiger partial charge in [0.15, 0.2) is 5.17 Å². The van der Waals surface area contributed by atoms with Crippen molar-refractivity contribution in [2.45, 2.75) is 0 Å². The Balaban J connectivity index is 1.79. The molecule has 1 heterocycles. The highest BCUT2D eigenvalue weighted by molar-refractivity contribution is 8.18. The fourth-order valence-electron chi connectivity index (χ4n) is 2.19. The fourth-order valence-corrected chi connectivity index (χ4v) is 2.93. The van der Waals surface area contributed by atoms with E-state index in [2.05, 4.69) is 32.1 Å². The highest BCUT2D eigenvalue weighted by Gasteiger charge is 2.24. The third kappa shape index (κ3) is 5.64. The number of amides is 1. The van der Waals surface area contributed by atoms with Gasteiger partial charge < -0.3 is 4.74 Å². The molecule has 0 saturated carbocycles. The summed E-state index contributed by atoms with van der Waals surface area (Å²) in [6.07, 6.45) is 2.49. The van der Waals surface area contributed by atoms with Gasteiger partial charge in [-0.05, 0) is 42.1 Å². The molecule has 1 fully saturated rings. The molecule has 1 aliphatic rings. The molecule has 1 saturated heterocycles. The van der Waals surface area contributed by atoms with E-state index in [1.165, 1.54) is 31.5 Å². The van der Waals surface area contributed by atoms with E-state index < -0.39 is 17.7 Å². The molecule has 0 spiro atoms. The number of thioether (sulfide) groups is 1. The lowest BCUT2D eigenvalue weighted by molar-refractivity contribution is -0.135. The van der Waals surface area contributed by atoms with Crippen molar-refractivity contribution in [2.24, 2.45) is 10.2 Å². The van der Waals surface area contributed by atoms with Crippen molar-refractivity contribution >= 4 is 35.0 Å². The van der Waals surface area contributed by atoms with Crippen molar-refractivity contribution < 1.29 is 18.7 Å². The number of esters is 1. The molecule has 1 amide bonds. The van der Waals surface area contributed by atoms with Gasteiger partial charge in [0, 0.05) is 22.8 Å². The summed E-state index contributed by atoms with van der Waals surface area (Å²) >= 11 is 0.960. The standard InChI is InChI=1S/C21H14FN3O3S/c1-28-19(26)12-18-20(27)24-21(29-18)25-23-13-16-9-10-17(22)11-15(16)8-7-14-5-3-2-4-6-14/h2-6,9-13H,1H3,(H,24,25,27)/b18-12+,23-13?. The van der Waals surface area contributed by atoms with Crippen LogP contribution in [-0.4, -0.2) is 30.4 Å². The third-order valence-corrected chi connectivity index (χ3v) is 4.48. The molecule has 8 heteroatoms. The van der Waals surface area contributed by atoms with Crippen LogP contribution < -0.4 is 5.32 Å². The Bertz CT molecular complexity index is 1100. The maximum atomic E-state index is 13.6. The molecule has 2 aromatic rings. The Morgan fingerprint density at radius 3 is 2.76 bits per heavy atom. The lowest BCUT2D eigenvalue weighted by Gasteiger charge is -1.98. The second-order valence-corrected chi connectivity index (χ2v) is 6.62.